The topological polar surface area (TPSA) is 59.0 Å². The van der Waals surface area contributed by atoms with Gasteiger partial charge in [-0.3, -0.25) is 0 Å². The van der Waals surface area contributed by atoms with Crippen LogP contribution >= 0.6 is 11.6 Å². The van der Waals surface area contributed by atoms with Gasteiger partial charge in [0.2, 0.25) is 0 Å². The first kappa shape index (κ1) is 21.1. The van der Waals surface area contributed by atoms with Gasteiger partial charge in [-0.25, -0.2) is 4.79 Å². The second kappa shape index (κ2) is 10.8. The Morgan fingerprint density at radius 1 is 1.19 bits per heavy atom. The van der Waals surface area contributed by atoms with E-state index in [1.165, 1.54) is 4.90 Å². The Morgan fingerprint density at radius 2 is 1.93 bits per heavy atom. The van der Waals surface area contributed by atoms with E-state index in [0.29, 0.717) is 10.8 Å². The smallest absolute Gasteiger partial charge is 0.410 e. The maximum absolute atomic E-state index is 12.5. The van der Waals surface area contributed by atoms with Crippen LogP contribution in [0.4, 0.5) is 4.79 Å². The molecular formula is C21H26ClNO4. The number of ether oxygens (including phenoxy) is 2. The summed E-state index contributed by atoms with van der Waals surface area (Å²) in [6.45, 7) is 4.29. The minimum atomic E-state index is -0.845. The average molecular weight is 392 g/mol. The Balaban J connectivity index is 1.89. The van der Waals surface area contributed by atoms with Crippen molar-refractivity contribution in [3.8, 4) is 5.75 Å². The molecule has 2 aromatic rings. The maximum atomic E-state index is 12.5. The second-order valence-corrected chi connectivity index (χ2v) is 6.81. The van der Waals surface area contributed by atoms with E-state index in [1.54, 1.807) is 24.3 Å². The van der Waals surface area contributed by atoms with Gasteiger partial charge in [-0.1, -0.05) is 54.9 Å². The zero-order chi connectivity index (χ0) is 19.6. The molecule has 27 heavy (non-hydrogen) atoms. The Bertz CT molecular complexity index is 710. The van der Waals surface area contributed by atoms with Gasteiger partial charge < -0.3 is 19.5 Å². The highest BCUT2D eigenvalue weighted by molar-refractivity contribution is 6.30. The third-order valence-electron chi connectivity index (χ3n) is 4.21. The van der Waals surface area contributed by atoms with E-state index in [4.69, 9.17) is 21.1 Å². The van der Waals surface area contributed by atoms with Gasteiger partial charge in [0.05, 0.1) is 6.54 Å². The van der Waals surface area contributed by atoms with E-state index >= 15 is 0 Å². The zero-order valence-corrected chi connectivity index (χ0v) is 16.4. The molecule has 146 valence electrons. The molecule has 1 N–H and O–H groups in total. The van der Waals surface area contributed by atoms with Gasteiger partial charge in [-0.15, -0.1) is 0 Å². The number of hydrogen-bond donors (Lipinski definition) is 1. The summed E-state index contributed by atoms with van der Waals surface area (Å²) in [5, 5.41) is 10.9. The van der Waals surface area contributed by atoms with Crippen molar-refractivity contribution in [3.63, 3.8) is 0 Å². The van der Waals surface area contributed by atoms with Crippen molar-refractivity contribution in [2.75, 3.05) is 13.2 Å². The molecule has 1 amide bonds. The van der Waals surface area contributed by atoms with Crippen LogP contribution in [0.5, 0.6) is 5.75 Å². The van der Waals surface area contributed by atoms with Crippen LogP contribution in [0.3, 0.4) is 0 Å². The molecule has 2 rings (SSSR count). The van der Waals surface area contributed by atoms with Gasteiger partial charge >= 0.3 is 6.09 Å². The number of carbonyl (C=O) groups is 1. The third-order valence-corrected chi connectivity index (χ3v) is 4.44. The number of amides is 1. The minimum Gasteiger partial charge on any atom is -0.491 e. The molecule has 0 saturated heterocycles. The Morgan fingerprint density at radius 3 is 2.59 bits per heavy atom. The van der Waals surface area contributed by atoms with Crippen molar-refractivity contribution in [2.24, 2.45) is 0 Å². The van der Waals surface area contributed by atoms with Crippen LogP contribution in [0.2, 0.25) is 5.02 Å². The SMILES string of the molecule is CCC(C)N(CC(O)COc1cccc(Cl)c1)C(=O)OCc1ccccc1. The monoisotopic (exact) mass is 391 g/mol. The molecule has 0 aliphatic carbocycles. The number of aliphatic hydroxyl groups is 1. The number of benzene rings is 2. The lowest BCUT2D eigenvalue weighted by Gasteiger charge is -2.29. The van der Waals surface area contributed by atoms with Crippen molar-refractivity contribution in [1.29, 1.82) is 0 Å². The lowest BCUT2D eigenvalue weighted by Crippen LogP contribution is -2.44. The summed E-state index contributed by atoms with van der Waals surface area (Å²) in [5.41, 5.74) is 0.916. The third kappa shape index (κ3) is 7.12. The molecule has 0 aliphatic rings. The largest absolute Gasteiger partial charge is 0.491 e. The Hall–Kier alpha value is -2.24. The van der Waals surface area contributed by atoms with Gasteiger partial charge in [0, 0.05) is 11.1 Å². The lowest BCUT2D eigenvalue weighted by molar-refractivity contribution is 0.0370. The van der Waals surface area contributed by atoms with Gasteiger partial charge in [-0.05, 0) is 37.1 Å². The van der Waals surface area contributed by atoms with Crippen LogP contribution in [0.15, 0.2) is 54.6 Å². The van der Waals surface area contributed by atoms with Crippen LogP contribution < -0.4 is 4.74 Å². The predicted octanol–water partition coefficient (Wildman–Crippen LogP) is 4.52. The first-order valence-corrected chi connectivity index (χ1v) is 9.41. The summed E-state index contributed by atoms with van der Waals surface area (Å²) in [7, 11) is 0. The second-order valence-electron chi connectivity index (χ2n) is 6.37. The van der Waals surface area contributed by atoms with Crippen molar-refractivity contribution in [1.82, 2.24) is 4.90 Å². The molecule has 0 saturated carbocycles. The van der Waals surface area contributed by atoms with Crippen LogP contribution in [-0.4, -0.2) is 41.4 Å². The summed E-state index contributed by atoms with van der Waals surface area (Å²) in [5.74, 6) is 0.572. The quantitative estimate of drug-likeness (QED) is 0.682. The summed E-state index contributed by atoms with van der Waals surface area (Å²) < 4.78 is 11.0. The van der Waals surface area contributed by atoms with Gasteiger partial charge in [0.25, 0.3) is 0 Å². The predicted molar refractivity (Wildman–Crippen MR) is 106 cm³/mol. The Labute approximate surface area is 165 Å². The van der Waals surface area contributed by atoms with E-state index < -0.39 is 12.2 Å². The molecule has 0 fully saturated rings. The summed E-state index contributed by atoms with van der Waals surface area (Å²) in [6, 6.07) is 16.4. The number of rotatable bonds is 9. The molecule has 0 aromatic heterocycles. The molecular weight excluding hydrogens is 366 g/mol. The van der Waals surface area contributed by atoms with Crippen LogP contribution in [0.25, 0.3) is 0 Å². The number of carbonyl (C=O) groups excluding carboxylic acids is 1. The summed E-state index contributed by atoms with van der Waals surface area (Å²) >= 11 is 5.92. The lowest BCUT2D eigenvalue weighted by atomic mass is 10.2. The molecule has 2 aromatic carbocycles. The van der Waals surface area contributed by atoms with Crippen molar-refractivity contribution in [3.05, 3.63) is 65.2 Å². The molecule has 2 atom stereocenters. The number of halogens is 1. The molecule has 5 nitrogen and oxygen atoms in total. The minimum absolute atomic E-state index is 0.0548. The molecule has 6 heteroatoms. The highest BCUT2D eigenvalue weighted by Gasteiger charge is 2.23. The van der Waals surface area contributed by atoms with Gasteiger partial charge in [0.15, 0.2) is 0 Å². The zero-order valence-electron chi connectivity index (χ0n) is 15.7. The van der Waals surface area contributed by atoms with Crippen LogP contribution in [0, 0.1) is 0 Å². The molecule has 2 unspecified atom stereocenters. The fourth-order valence-corrected chi connectivity index (χ4v) is 2.67. The first-order chi connectivity index (χ1) is 13.0. The fraction of sp³-hybridized carbons (Fsp3) is 0.381. The number of aliphatic hydroxyl groups excluding tert-OH is 1. The summed E-state index contributed by atoms with van der Waals surface area (Å²) in [6.07, 6.45) is -0.542. The van der Waals surface area contributed by atoms with E-state index in [0.717, 1.165) is 12.0 Å². The van der Waals surface area contributed by atoms with Crippen molar-refractivity contribution in [2.45, 2.75) is 39.0 Å². The normalized spacial score (nSPS) is 12.9. The van der Waals surface area contributed by atoms with E-state index in [2.05, 4.69) is 0 Å². The van der Waals surface area contributed by atoms with E-state index in [1.807, 2.05) is 44.2 Å². The molecule has 0 spiro atoms. The molecule has 0 aliphatic heterocycles. The van der Waals surface area contributed by atoms with E-state index in [-0.39, 0.29) is 25.8 Å². The van der Waals surface area contributed by atoms with Gasteiger partial charge in [0.1, 0.15) is 25.1 Å². The standard InChI is InChI=1S/C21H26ClNO4/c1-3-16(2)23(21(25)27-14-17-8-5-4-6-9-17)13-19(24)15-26-20-11-7-10-18(22)12-20/h4-12,16,19,24H,3,13-15H2,1-2H3. The fourth-order valence-electron chi connectivity index (χ4n) is 2.49. The number of nitrogens with zero attached hydrogens (tertiary/aromatic N) is 1. The number of hydrogen-bond acceptors (Lipinski definition) is 4. The van der Waals surface area contributed by atoms with E-state index in [9.17, 15) is 9.90 Å². The first-order valence-electron chi connectivity index (χ1n) is 9.03. The maximum Gasteiger partial charge on any atom is 0.410 e. The molecule has 0 bridgehead atoms. The summed E-state index contributed by atoms with van der Waals surface area (Å²) in [4.78, 5) is 14.0. The van der Waals surface area contributed by atoms with Crippen molar-refractivity contribution < 1.29 is 19.4 Å². The van der Waals surface area contributed by atoms with Crippen LogP contribution in [-0.2, 0) is 11.3 Å². The Kier molecular flexibility index (Phi) is 8.43. The average Bonchev–Trinajstić information content (AvgIpc) is 2.69. The van der Waals surface area contributed by atoms with Crippen LogP contribution in [0.1, 0.15) is 25.8 Å². The molecule has 0 heterocycles. The highest BCUT2D eigenvalue weighted by atomic mass is 35.5. The van der Waals surface area contributed by atoms with Gasteiger partial charge in [-0.2, -0.15) is 0 Å². The van der Waals surface area contributed by atoms with Crippen molar-refractivity contribution >= 4 is 17.7 Å². The highest BCUT2D eigenvalue weighted by Crippen LogP contribution is 2.17. The molecule has 0 radical (unpaired) electrons.